The minimum Gasteiger partial charge on any atom is -0.450 e. The topological polar surface area (TPSA) is 63.1 Å². The van der Waals surface area contributed by atoms with Gasteiger partial charge in [0.15, 0.2) is 0 Å². The van der Waals surface area contributed by atoms with Crippen molar-refractivity contribution in [3.63, 3.8) is 0 Å². The van der Waals surface area contributed by atoms with E-state index >= 15 is 0 Å². The first-order valence-electron chi connectivity index (χ1n) is 4.02. The summed E-state index contributed by atoms with van der Waals surface area (Å²) in [7, 11) is 0. The number of hydrogen-bond donors (Lipinski definition) is 2. The second-order valence-corrected chi connectivity index (χ2v) is 1.88. The highest BCUT2D eigenvalue weighted by Crippen LogP contribution is 1.84. The van der Waals surface area contributed by atoms with Crippen LogP contribution in [0.1, 0.15) is 13.8 Å². The van der Waals surface area contributed by atoms with E-state index in [1.807, 2.05) is 13.8 Å². The lowest BCUT2D eigenvalue weighted by molar-refractivity contribution is 0.176. The van der Waals surface area contributed by atoms with Gasteiger partial charge in [-0.15, -0.1) is 5.10 Å². The lowest BCUT2D eigenvalue weighted by Gasteiger charge is -2.06. The number of nitrogens with zero attached hydrogens (tertiary/aromatic N) is 1. The molecule has 0 saturated heterocycles. The molecule has 0 radical (unpaired) electrons. The molecule has 0 spiro atoms. The van der Waals surface area contributed by atoms with Gasteiger partial charge in [-0.2, -0.15) is 0 Å². The van der Waals surface area contributed by atoms with E-state index in [0.717, 1.165) is 0 Å². The van der Waals surface area contributed by atoms with E-state index in [-0.39, 0.29) is 12.7 Å². The van der Waals surface area contributed by atoms with Crippen LogP contribution in [0.2, 0.25) is 0 Å². The summed E-state index contributed by atoms with van der Waals surface area (Å²) in [6, 6.07) is 0. The van der Waals surface area contributed by atoms with E-state index in [0.29, 0.717) is 19.8 Å². The average Bonchev–Trinajstić information content (AvgIpc) is 2.06. The number of aliphatic hydroxyl groups excluding tert-OH is 1. The molecular weight excluding hydrogens is 160 g/mol. The van der Waals surface area contributed by atoms with Gasteiger partial charge in [0.1, 0.15) is 0 Å². The van der Waals surface area contributed by atoms with Crippen molar-refractivity contribution in [1.29, 1.82) is 0 Å². The van der Waals surface area contributed by atoms with Gasteiger partial charge in [0.05, 0.1) is 26.4 Å². The molecule has 0 bridgehead atoms. The van der Waals surface area contributed by atoms with Crippen LogP contribution < -0.4 is 5.43 Å². The Morgan fingerprint density at radius 2 is 1.92 bits per heavy atom. The van der Waals surface area contributed by atoms with Crippen LogP contribution in [0.5, 0.6) is 0 Å². The summed E-state index contributed by atoms with van der Waals surface area (Å²) in [5.41, 5.74) is 2.59. The van der Waals surface area contributed by atoms with Crippen LogP contribution in [-0.4, -0.2) is 37.6 Å². The van der Waals surface area contributed by atoms with Crippen molar-refractivity contribution in [3.8, 4) is 0 Å². The molecule has 0 heterocycles. The van der Waals surface area contributed by atoms with Gasteiger partial charge in [-0.1, -0.05) is 0 Å². The van der Waals surface area contributed by atoms with Crippen molar-refractivity contribution >= 4 is 6.08 Å². The van der Waals surface area contributed by atoms with Crippen LogP contribution >= 0.6 is 0 Å². The molecule has 0 atom stereocenters. The third kappa shape index (κ3) is 5.79. The molecular formula is C7H16N2O3. The standard InChI is InChI=1S/C7H16N2O3/c1-3-11-7(12-4-2)9-8-5-6-10/h8,10H,3-6H2,1-2H3. The second-order valence-electron chi connectivity index (χ2n) is 1.88. The number of rotatable bonds is 5. The van der Waals surface area contributed by atoms with Crippen molar-refractivity contribution in [3.05, 3.63) is 0 Å². The van der Waals surface area contributed by atoms with E-state index in [2.05, 4.69) is 10.5 Å². The van der Waals surface area contributed by atoms with Gasteiger partial charge >= 0.3 is 6.08 Å². The van der Waals surface area contributed by atoms with Crippen molar-refractivity contribution in [1.82, 2.24) is 5.43 Å². The third-order valence-corrected chi connectivity index (χ3v) is 0.930. The first-order valence-corrected chi connectivity index (χ1v) is 4.02. The number of aliphatic hydroxyl groups is 1. The molecule has 0 amide bonds. The van der Waals surface area contributed by atoms with Crippen LogP contribution in [0.15, 0.2) is 5.10 Å². The Bertz CT molecular complexity index is 120. The van der Waals surface area contributed by atoms with Crippen molar-refractivity contribution < 1.29 is 14.6 Å². The minimum absolute atomic E-state index is 0.0367. The summed E-state index contributed by atoms with van der Waals surface area (Å²) in [4.78, 5) is 0. The first-order chi connectivity index (χ1) is 5.85. The second kappa shape index (κ2) is 8.13. The van der Waals surface area contributed by atoms with Crippen LogP contribution in [0.3, 0.4) is 0 Å². The zero-order valence-corrected chi connectivity index (χ0v) is 7.54. The molecule has 2 N–H and O–H groups in total. The fourth-order valence-corrected chi connectivity index (χ4v) is 0.524. The normalized spacial score (nSPS) is 8.92. The van der Waals surface area contributed by atoms with Crippen molar-refractivity contribution in [2.24, 2.45) is 5.10 Å². The molecule has 72 valence electrons. The van der Waals surface area contributed by atoms with Gasteiger partial charge in [0.25, 0.3) is 0 Å². The van der Waals surface area contributed by atoms with E-state index in [4.69, 9.17) is 14.6 Å². The molecule has 0 unspecified atom stereocenters. The van der Waals surface area contributed by atoms with Gasteiger partial charge in [0, 0.05) is 0 Å². The summed E-state index contributed by atoms with van der Waals surface area (Å²) in [6.07, 6.45) is 0.216. The van der Waals surface area contributed by atoms with E-state index in [9.17, 15) is 0 Å². The maximum absolute atomic E-state index is 8.43. The van der Waals surface area contributed by atoms with Gasteiger partial charge in [-0.3, -0.25) is 0 Å². The highest BCUT2D eigenvalue weighted by atomic mass is 16.7. The molecule has 0 aromatic heterocycles. The summed E-state index contributed by atoms with van der Waals surface area (Å²) in [6.45, 7) is 5.15. The largest absolute Gasteiger partial charge is 0.450 e. The summed E-state index contributed by atoms with van der Waals surface area (Å²) in [5.74, 6) is 0. The Morgan fingerprint density at radius 3 is 2.33 bits per heavy atom. The highest BCUT2D eigenvalue weighted by Gasteiger charge is 1.97. The van der Waals surface area contributed by atoms with Crippen LogP contribution in [0.4, 0.5) is 0 Å². The average molecular weight is 176 g/mol. The maximum atomic E-state index is 8.43. The smallest absolute Gasteiger partial charge is 0.405 e. The molecule has 0 rings (SSSR count). The summed E-state index contributed by atoms with van der Waals surface area (Å²) in [5, 5.41) is 12.2. The quantitative estimate of drug-likeness (QED) is 0.266. The molecule has 0 aliphatic carbocycles. The van der Waals surface area contributed by atoms with Gasteiger partial charge in [-0.25, -0.2) is 0 Å². The van der Waals surface area contributed by atoms with E-state index in [1.54, 1.807) is 0 Å². The first kappa shape index (κ1) is 11.0. The fraction of sp³-hybridized carbons (Fsp3) is 0.857. The minimum atomic E-state index is 0.0367. The monoisotopic (exact) mass is 176 g/mol. The fourth-order valence-electron chi connectivity index (χ4n) is 0.524. The Kier molecular flexibility index (Phi) is 7.47. The van der Waals surface area contributed by atoms with Crippen LogP contribution in [0.25, 0.3) is 0 Å². The zero-order chi connectivity index (χ0) is 9.23. The molecule has 0 aromatic carbocycles. The van der Waals surface area contributed by atoms with Crippen molar-refractivity contribution in [2.45, 2.75) is 13.8 Å². The SMILES string of the molecule is CCOC(=NNCCO)OCC. The summed E-state index contributed by atoms with van der Waals surface area (Å²) >= 11 is 0. The summed E-state index contributed by atoms with van der Waals surface area (Å²) < 4.78 is 10.0. The highest BCUT2D eigenvalue weighted by molar-refractivity contribution is 5.66. The van der Waals surface area contributed by atoms with Crippen LogP contribution in [0, 0.1) is 0 Å². The Labute approximate surface area is 72.4 Å². The lowest BCUT2D eigenvalue weighted by atomic mass is 10.7. The Balaban J connectivity index is 3.64. The molecule has 12 heavy (non-hydrogen) atoms. The van der Waals surface area contributed by atoms with Crippen LogP contribution in [-0.2, 0) is 9.47 Å². The molecule has 5 nitrogen and oxygen atoms in total. The van der Waals surface area contributed by atoms with Gasteiger partial charge < -0.3 is 20.0 Å². The molecule has 0 aliphatic rings. The molecule has 0 aromatic rings. The number of hydrogen-bond acceptors (Lipinski definition) is 5. The maximum Gasteiger partial charge on any atom is 0.405 e. The predicted octanol–water partition coefficient (Wildman–Crippen LogP) is -0.0877. The van der Waals surface area contributed by atoms with E-state index < -0.39 is 0 Å². The van der Waals surface area contributed by atoms with Gasteiger partial charge in [-0.05, 0) is 13.8 Å². The molecule has 0 saturated carbocycles. The Hall–Kier alpha value is -0.970. The lowest BCUT2D eigenvalue weighted by Crippen LogP contribution is -2.18. The molecule has 0 fully saturated rings. The third-order valence-electron chi connectivity index (χ3n) is 0.930. The number of nitrogens with one attached hydrogen (secondary N) is 1. The van der Waals surface area contributed by atoms with Crippen molar-refractivity contribution in [2.75, 3.05) is 26.4 Å². The zero-order valence-electron chi connectivity index (χ0n) is 7.54. The predicted molar refractivity (Wildman–Crippen MR) is 45.8 cm³/mol. The molecule has 0 aliphatic heterocycles. The van der Waals surface area contributed by atoms with E-state index in [1.165, 1.54) is 0 Å². The molecule has 5 heteroatoms. The number of ether oxygens (including phenoxy) is 2. The Morgan fingerprint density at radius 1 is 1.33 bits per heavy atom. The number of hydrazone groups is 1. The van der Waals surface area contributed by atoms with Gasteiger partial charge in [0.2, 0.25) is 0 Å².